The maximum absolute atomic E-state index is 13.1. The second-order valence-corrected chi connectivity index (χ2v) is 9.52. The third kappa shape index (κ3) is 5.91. The molecule has 1 amide bonds. The number of carbonyl (C=O) groups is 1. The van der Waals surface area contributed by atoms with Gasteiger partial charge in [0, 0.05) is 43.9 Å². The van der Waals surface area contributed by atoms with Crippen molar-refractivity contribution in [3.05, 3.63) is 23.0 Å². The number of halogens is 3. The maximum Gasteiger partial charge on any atom is 0.435 e. The number of carbonyl (C=O) groups excluding carboxylic acids is 1. The van der Waals surface area contributed by atoms with Gasteiger partial charge in [-0.25, -0.2) is 4.79 Å². The maximum atomic E-state index is 13.1. The first-order valence-corrected chi connectivity index (χ1v) is 12.1. The highest BCUT2D eigenvalue weighted by Gasteiger charge is 2.35. The van der Waals surface area contributed by atoms with E-state index in [1.807, 2.05) is 0 Å². The molecule has 0 bridgehead atoms. The Morgan fingerprint density at radius 1 is 1.26 bits per heavy atom. The third-order valence-electron chi connectivity index (χ3n) is 6.69. The largest absolute Gasteiger partial charge is 0.493 e. The normalized spacial score (nSPS) is 18.4. The quantitative estimate of drug-likeness (QED) is 0.610. The summed E-state index contributed by atoms with van der Waals surface area (Å²) in [6.07, 6.45) is -0.678. The van der Waals surface area contributed by atoms with E-state index in [4.69, 9.17) is 9.47 Å². The summed E-state index contributed by atoms with van der Waals surface area (Å²) in [5, 5.41) is 21.3. The number of aromatic nitrogens is 4. The van der Waals surface area contributed by atoms with Gasteiger partial charge in [-0.1, -0.05) is 0 Å². The number of nitrogens with one attached hydrogen (secondary N) is 1. The van der Waals surface area contributed by atoms with Gasteiger partial charge in [0.15, 0.2) is 11.5 Å². The van der Waals surface area contributed by atoms with Gasteiger partial charge in [-0.3, -0.25) is 5.10 Å². The van der Waals surface area contributed by atoms with Crippen molar-refractivity contribution in [3.8, 4) is 11.7 Å². The molecule has 2 saturated heterocycles. The zero-order valence-electron chi connectivity index (χ0n) is 20.0. The molecule has 0 aromatic carbocycles. The fourth-order valence-electron chi connectivity index (χ4n) is 4.75. The van der Waals surface area contributed by atoms with Crippen molar-refractivity contribution >= 4 is 6.09 Å². The van der Waals surface area contributed by atoms with E-state index in [9.17, 15) is 23.1 Å². The molecule has 2 aliphatic rings. The van der Waals surface area contributed by atoms with Crippen molar-refractivity contribution in [1.29, 1.82) is 0 Å². The fraction of sp³-hybridized carbons (Fsp3) is 0.696. The van der Waals surface area contributed by atoms with Gasteiger partial charge in [0.25, 0.3) is 0 Å². The lowest BCUT2D eigenvalue weighted by Crippen LogP contribution is -2.39. The Bertz CT molecular complexity index is 1010. The van der Waals surface area contributed by atoms with E-state index in [2.05, 4.69) is 15.3 Å². The lowest BCUT2D eigenvalue weighted by Gasteiger charge is -2.31. The van der Waals surface area contributed by atoms with Gasteiger partial charge in [-0.15, -0.1) is 0 Å². The van der Waals surface area contributed by atoms with Crippen LogP contribution in [0.3, 0.4) is 0 Å². The van der Waals surface area contributed by atoms with Crippen LogP contribution >= 0.6 is 0 Å². The van der Waals surface area contributed by atoms with Gasteiger partial charge in [0.2, 0.25) is 5.88 Å². The smallest absolute Gasteiger partial charge is 0.435 e. The topological polar surface area (TPSA) is 106 Å². The van der Waals surface area contributed by atoms with Gasteiger partial charge in [0.1, 0.15) is 0 Å². The van der Waals surface area contributed by atoms with Crippen molar-refractivity contribution in [1.82, 2.24) is 24.9 Å². The minimum absolute atomic E-state index is 0.0417. The van der Waals surface area contributed by atoms with Crippen LogP contribution in [0.4, 0.5) is 18.0 Å². The third-order valence-corrected chi connectivity index (χ3v) is 6.69. The van der Waals surface area contributed by atoms with Crippen molar-refractivity contribution in [3.63, 3.8) is 0 Å². The van der Waals surface area contributed by atoms with Gasteiger partial charge >= 0.3 is 12.3 Å². The number of H-pyrrole nitrogens is 1. The van der Waals surface area contributed by atoms with Crippen LogP contribution in [0.25, 0.3) is 5.82 Å². The van der Waals surface area contributed by atoms with Crippen LogP contribution in [0, 0.1) is 5.92 Å². The molecule has 4 heterocycles. The fourth-order valence-corrected chi connectivity index (χ4v) is 4.75. The number of alkyl halides is 3. The highest BCUT2D eigenvalue weighted by molar-refractivity contribution is 5.67. The molecule has 12 heteroatoms. The first-order chi connectivity index (χ1) is 16.6. The molecule has 0 radical (unpaired) electrons. The number of aromatic amines is 1. The van der Waals surface area contributed by atoms with Gasteiger partial charge < -0.3 is 19.5 Å². The standard InChI is InChI=1S/C23H32F3N5O4/c1-14(2)35-22(33)30-9-5-16(6-10-30)20-17(4-3-15-7-11-34-12-8-15)21(32)31(29-20)19-13-18(27-28-19)23(24,25)26/h13-16,32H,3-12H2,1-2H3,(H,27,28). The molecule has 0 aliphatic carbocycles. The minimum atomic E-state index is -4.61. The molecule has 194 valence electrons. The molecular formula is C23H32F3N5O4. The summed E-state index contributed by atoms with van der Waals surface area (Å²) in [7, 11) is 0. The lowest BCUT2D eigenvalue weighted by molar-refractivity contribution is -0.141. The molecule has 0 spiro atoms. The van der Waals surface area contributed by atoms with Crippen LogP contribution in [0.5, 0.6) is 5.88 Å². The van der Waals surface area contributed by atoms with Crippen molar-refractivity contribution in [2.24, 2.45) is 5.92 Å². The minimum Gasteiger partial charge on any atom is -0.493 e. The molecule has 9 nitrogen and oxygen atoms in total. The lowest BCUT2D eigenvalue weighted by atomic mass is 9.88. The van der Waals surface area contributed by atoms with Gasteiger partial charge in [0.05, 0.1) is 11.8 Å². The van der Waals surface area contributed by atoms with E-state index in [-0.39, 0.29) is 29.8 Å². The summed E-state index contributed by atoms with van der Waals surface area (Å²) in [4.78, 5) is 13.9. The van der Waals surface area contributed by atoms with E-state index in [0.29, 0.717) is 62.7 Å². The molecule has 35 heavy (non-hydrogen) atoms. The molecule has 4 rings (SSSR count). The number of aromatic hydroxyl groups is 1. The molecule has 2 N–H and O–H groups in total. The van der Waals surface area contributed by atoms with E-state index >= 15 is 0 Å². The number of hydrogen-bond acceptors (Lipinski definition) is 6. The van der Waals surface area contributed by atoms with Crippen LogP contribution < -0.4 is 0 Å². The molecule has 2 aromatic rings. The average Bonchev–Trinajstić information content (AvgIpc) is 3.43. The Balaban J connectivity index is 1.56. The predicted octanol–water partition coefficient (Wildman–Crippen LogP) is 4.40. The molecule has 2 aliphatic heterocycles. The zero-order chi connectivity index (χ0) is 25.2. The van der Waals surface area contributed by atoms with Gasteiger partial charge in [-0.05, 0) is 58.3 Å². The Kier molecular flexibility index (Phi) is 7.58. The average molecular weight is 500 g/mol. The Labute approximate surface area is 201 Å². The molecule has 2 fully saturated rings. The van der Waals surface area contributed by atoms with Crippen LogP contribution in [0.15, 0.2) is 6.07 Å². The first-order valence-electron chi connectivity index (χ1n) is 12.1. The number of rotatable bonds is 6. The summed E-state index contributed by atoms with van der Waals surface area (Å²) >= 11 is 0. The molecule has 0 saturated carbocycles. The monoisotopic (exact) mass is 499 g/mol. The molecule has 0 unspecified atom stereocenters. The number of nitrogens with zero attached hydrogens (tertiary/aromatic N) is 4. The summed E-state index contributed by atoms with van der Waals surface area (Å²) in [5.74, 6) is 0.188. The second kappa shape index (κ2) is 10.5. The summed E-state index contributed by atoms with van der Waals surface area (Å²) in [6, 6.07) is 0.837. The van der Waals surface area contributed by atoms with E-state index < -0.39 is 11.9 Å². The number of hydrogen-bond donors (Lipinski definition) is 2. The van der Waals surface area contributed by atoms with Crippen molar-refractivity contribution in [2.75, 3.05) is 26.3 Å². The Morgan fingerprint density at radius 2 is 1.94 bits per heavy atom. The predicted molar refractivity (Wildman–Crippen MR) is 119 cm³/mol. The van der Waals surface area contributed by atoms with E-state index in [1.165, 1.54) is 0 Å². The SMILES string of the molecule is CC(C)OC(=O)N1CCC(c2nn(-c3cc(C(F)(F)F)n[nH]3)c(O)c2CCC2CCOCC2)CC1. The van der Waals surface area contributed by atoms with Crippen molar-refractivity contribution in [2.45, 2.75) is 70.6 Å². The second-order valence-electron chi connectivity index (χ2n) is 9.52. The van der Waals surface area contributed by atoms with Crippen LogP contribution in [0.1, 0.15) is 68.8 Å². The van der Waals surface area contributed by atoms with Crippen LogP contribution in [-0.4, -0.2) is 68.5 Å². The number of amides is 1. The zero-order valence-corrected chi connectivity index (χ0v) is 20.0. The Hall–Kier alpha value is -2.76. The Morgan fingerprint density at radius 3 is 2.54 bits per heavy atom. The van der Waals surface area contributed by atoms with Gasteiger partial charge in [-0.2, -0.15) is 28.1 Å². The molecular weight excluding hydrogens is 467 g/mol. The van der Waals surface area contributed by atoms with Crippen molar-refractivity contribution < 1.29 is 32.5 Å². The first kappa shape index (κ1) is 25.3. The van der Waals surface area contributed by atoms with E-state index in [1.54, 1.807) is 18.7 Å². The summed E-state index contributed by atoms with van der Waals surface area (Å²) < 4.78 is 51.0. The highest BCUT2D eigenvalue weighted by atomic mass is 19.4. The molecule has 0 atom stereocenters. The van der Waals surface area contributed by atoms with Crippen LogP contribution in [0.2, 0.25) is 0 Å². The number of ether oxygens (including phenoxy) is 2. The molecule has 2 aromatic heterocycles. The number of piperidine rings is 1. The summed E-state index contributed by atoms with van der Waals surface area (Å²) in [6.45, 7) is 5.97. The number of likely N-dealkylation sites (tertiary alicyclic amines) is 1. The highest BCUT2D eigenvalue weighted by Crippen LogP contribution is 2.37. The van der Waals surface area contributed by atoms with Crippen LogP contribution in [-0.2, 0) is 22.1 Å². The van der Waals surface area contributed by atoms with E-state index in [0.717, 1.165) is 30.0 Å². The summed E-state index contributed by atoms with van der Waals surface area (Å²) in [5.41, 5.74) is 0.224.